The van der Waals surface area contributed by atoms with E-state index in [0.717, 1.165) is 16.7 Å². The van der Waals surface area contributed by atoms with Crippen LogP contribution in [0.4, 0.5) is 0 Å². The number of aliphatic carboxylic acids is 1. The molecule has 43 heavy (non-hydrogen) atoms. The zero-order valence-corrected chi connectivity index (χ0v) is 23.3. The van der Waals surface area contributed by atoms with Crippen molar-refractivity contribution in [2.24, 2.45) is 0 Å². The van der Waals surface area contributed by atoms with E-state index in [9.17, 15) is 35.1 Å². The molecule has 0 radical (unpaired) electrons. The summed E-state index contributed by atoms with van der Waals surface area (Å²) in [7, 11) is 1.71. The number of ether oxygens (including phenoxy) is 3. The van der Waals surface area contributed by atoms with Crippen molar-refractivity contribution in [3.8, 4) is 11.5 Å². The molecule has 1 aromatic carbocycles. The van der Waals surface area contributed by atoms with Crippen molar-refractivity contribution >= 4 is 18.0 Å². The minimum absolute atomic E-state index is 0.131. The Morgan fingerprint density at radius 3 is 2.70 bits per heavy atom. The number of carbonyl (C=O) groups is 2. The van der Waals surface area contributed by atoms with Gasteiger partial charge in [0.15, 0.2) is 17.6 Å². The molecule has 230 valence electrons. The summed E-state index contributed by atoms with van der Waals surface area (Å²) in [6, 6.07) is 4.59. The van der Waals surface area contributed by atoms with Gasteiger partial charge >= 0.3 is 5.97 Å². The first-order valence-electron chi connectivity index (χ1n) is 14.4. The van der Waals surface area contributed by atoms with E-state index in [0.29, 0.717) is 38.0 Å². The molecular weight excluding hydrogens is 564 g/mol. The largest absolute Gasteiger partial charge is 0.483 e. The van der Waals surface area contributed by atoms with Crippen LogP contribution in [0.15, 0.2) is 41.2 Å². The molecule has 2 aromatic rings. The van der Waals surface area contributed by atoms with Gasteiger partial charge in [-0.05, 0) is 56.0 Å². The third-order valence-electron chi connectivity index (χ3n) is 10.1. The van der Waals surface area contributed by atoms with Gasteiger partial charge in [0.05, 0.1) is 29.6 Å². The molecule has 1 saturated carbocycles. The van der Waals surface area contributed by atoms with Gasteiger partial charge in [-0.3, -0.25) is 4.79 Å². The molecule has 6 N–H and O–H groups in total. The molecule has 13 nitrogen and oxygen atoms in total. The summed E-state index contributed by atoms with van der Waals surface area (Å²) in [6.45, 7) is 0.621. The summed E-state index contributed by atoms with van der Waals surface area (Å²) in [5, 5.41) is 56.4. The maximum atomic E-state index is 13.3. The quantitative estimate of drug-likeness (QED) is 0.235. The highest BCUT2D eigenvalue weighted by molar-refractivity contribution is 5.92. The molecular formula is C30H34N2O11. The van der Waals surface area contributed by atoms with Gasteiger partial charge in [0.1, 0.15) is 24.4 Å². The van der Waals surface area contributed by atoms with Gasteiger partial charge in [0.25, 0.3) is 0 Å². The van der Waals surface area contributed by atoms with Crippen LogP contribution in [0.1, 0.15) is 36.0 Å². The number of carboxylic acid groups (broad SMARTS) is 1. The smallest absolute Gasteiger partial charge is 0.335 e. The number of hydrogen-bond acceptors (Lipinski definition) is 11. The number of nitrogens with zero attached hydrogens (tertiary/aromatic N) is 1. The Bertz CT molecular complexity index is 1460. The number of likely N-dealkylation sites (N-methyl/N-ethyl adjacent to an activating group) is 1. The Hall–Kier alpha value is -3.46. The lowest BCUT2D eigenvalue weighted by Gasteiger charge is -2.62. The highest BCUT2D eigenvalue weighted by Gasteiger charge is 2.72. The van der Waals surface area contributed by atoms with Gasteiger partial charge in [-0.15, -0.1) is 0 Å². The van der Waals surface area contributed by atoms with Crippen LogP contribution in [-0.2, 0) is 26.2 Å². The molecule has 10 atom stereocenters. The first-order chi connectivity index (χ1) is 20.6. The van der Waals surface area contributed by atoms with Crippen LogP contribution >= 0.6 is 0 Å². The zero-order chi connectivity index (χ0) is 30.3. The van der Waals surface area contributed by atoms with E-state index >= 15 is 0 Å². The maximum Gasteiger partial charge on any atom is 0.335 e. The molecule has 1 amide bonds. The molecule has 1 spiro atoms. The molecule has 4 heterocycles. The van der Waals surface area contributed by atoms with Crippen LogP contribution in [-0.4, -0.2) is 110 Å². The van der Waals surface area contributed by atoms with Crippen LogP contribution in [0, 0.1) is 0 Å². The van der Waals surface area contributed by atoms with E-state index in [1.165, 1.54) is 18.6 Å². The van der Waals surface area contributed by atoms with Crippen molar-refractivity contribution in [1.82, 2.24) is 10.2 Å². The van der Waals surface area contributed by atoms with E-state index in [4.69, 9.17) is 18.6 Å². The molecule has 2 bridgehead atoms. The average Bonchev–Trinajstić information content (AvgIpc) is 3.62. The van der Waals surface area contributed by atoms with Crippen LogP contribution < -0.4 is 14.8 Å². The molecule has 1 aromatic heterocycles. The number of amides is 1. The number of carbonyl (C=O) groups excluding carboxylic acids is 1. The summed E-state index contributed by atoms with van der Waals surface area (Å²) in [4.78, 5) is 26.6. The number of carboxylic acids is 1. The van der Waals surface area contributed by atoms with E-state index < -0.39 is 59.8 Å². The molecule has 2 saturated heterocycles. The summed E-state index contributed by atoms with van der Waals surface area (Å²) in [6.07, 6.45) is -1.36. The third-order valence-corrected chi connectivity index (χ3v) is 10.1. The van der Waals surface area contributed by atoms with Gasteiger partial charge < -0.3 is 54.4 Å². The van der Waals surface area contributed by atoms with Gasteiger partial charge in [-0.2, -0.15) is 0 Å². The normalized spacial score (nSPS) is 39.2. The number of piperidine rings is 1. The monoisotopic (exact) mass is 598 g/mol. The predicted molar refractivity (Wildman–Crippen MR) is 146 cm³/mol. The Morgan fingerprint density at radius 1 is 1.14 bits per heavy atom. The number of aliphatic hydroxyl groups is 4. The summed E-state index contributed by atoms with van der Waals surface area (Å²) < 4.78 is 23.1. The number of benzene rings is 1. The second-order valence-electron chi connectivity index (χ2n) is 12.1. The first kappa shape index (κ1) is 28.3. The predicted octanol–water partition coefficient (Wildman–Crippen LogP) is -0.467. The zero-order valence-electron chi connectivity index (χ0n) is 23.3. The van der Waals surface area contributed by atoms with Crippen LogP contribution in [0.2, 0.25) is 0 Å². The van der Waals surface area contributed by atoms with E-state index in [1.54, 1.807) is 30.2 Å². The minimum Gasteiger partial charge on any atom is -0.483 e. The Balaban J connectivity index is 1.26. The summed E-state index contributed by atoms with van der Waals surface area (Å²) in [5.74, 6) is -1.31. The molecule has 2 aliphatic carbocycles. The number of nitrogens with one attached hydrogen (secondary N) is 1. The van der Waals surface area contributed by atoms with E-state index in [-0.39, 0.29) is 17.7 Å². The van der Waals surface area contributed by atoms with Crippen molar-refractivity contribution in [1.29, 1.82) is 0 Å². The maximum absolute atomic E-state index is 13.3. The lowest BCUT2D eigenvalue weighted by atomic mass is 9.48. The Labute approximate surface area is 246 Å². The van der Waals surface area contributed by atoms with Gasteiger partial charge in [0.2, 0.25) is 12.2 Å². The highest BCUT2D eigenvalue weighted by atomic mass is 16.7. The fraction of sp³-hybridized carbons (Fsp3) is 0.533. The lowest BCUT2D eigenvalue weighted by Crippen LogP contribution is -2.77. The van der Waals surface area contributed by atoms with Crippen molar-refractivity contribution in [2.45, 2.75) is 85.6 Å². The third kappa shape index (κ3) is 3.99. The Morgan fingerprint density at radius 2 is 1.95 bits per heavy atom. The van der Waals surface area contributed by atoms with Crippen molar-refractivity contribution in [3.05, 3.63) is 53.5 Å². The van der Waals surface area contributed by atoms with E-state index in [2.05, 4.69) is 5.32 Å². The van der Waals surface area contributed by atoms with Crippen LogP contribution in [0.25, 0.3) is 6.08 Å². The van der Waals surface area contributed by atoms with Crippen molar-refractivity contribution < 1.29 is 53.7 Å². The number of furan rings is 1. The Kier molecular flexibility index (Phi) is 6.61. The van der Waals surface area contributed by atoms with Gasteiger partial charge in [-0.25, -0.2) is 4.79 Å². The topological polar surface area (TPSA) is 191 Å². The molecule has 5 aliphatic rings. The summed E-state index contributed by atoms with van der Waals surface area (Å²) >= 11 is 0. The lowest BCUT2D eigenvalue weighted by molar-refractivity contribution is -0.271. The molecule has 7 rings (SSSR count). The average molecular weight is 599 g/mol. The fourth-order valence-corrected chi connectivity index (χ4v) is 7.99. The van der Waals surface area contributed by atoms with Gasteiger partial charge in [-0.1, -0.05) is 6.07 Å². The highest BCUT2D eigenvalue weighted by Crippen LogP contribution is 2.64. The van der Waals surface area contributed by atoms with Crippen molar-refractivity contribution in [3.63, 3.8) is 0 Å². The SMILES string of the molecule is CN(C(=O)/C=C/c1ccoc1)[C@@H]1CC[C@@]2(O)[C@H]3Cc4ccc(O[C@@H]5O[C@H](C(=O)O)[C@@H](O)[C@H](O)[C@H]5O)c5c4[C@@]2(CCN3)[C@H]1O5. The second kappa shape index (κ2) is 10.0. The minimum atomic E-state index is -1.86. The van der Waals surface area contributed by atoms with E-state index in [1.807, 2.05) is 6.07 Å². The van der Waals surface area contributed by atoms with Gasteiger partial charge in [0, 0.05) is 30.3 Å². The number of rotatable bonds is 6. The first-order valence-corrected chi connectivity index (χ1v) is 14.4. The molecule has 0 unspecified atom stereocenters. The van der Waals surface area contributed by atoms with Crippen LogP contribution in [0.5, 0.6) is 11.5 Å². The summed E-state index contributed by atoms with van der Waals surface area (Å²) in [5.41, 5.74) is 0.427. The standard InChI is InChI=1S/C30H34N2O11/c1-32(19(33)5-2-14-7-11-40-13-14)16-6-8-30(39)18-12-15-3-4-17(24-20(15)29(30,9-10-31-18)26(16)42-24)41-28-23(36)21(34)22(35)25(43-28)27(37)38/h2-5,7,11,13,16,18,21-23,25-26,28,31,34-36,39H,6,8-10,12H2,1H3,(H,37,38)/b5-2+/t16-,18-,21+,22+,23-,25+,26+,28-,29+,30-/m1/s1. The second-order valence-corrected chi connectivity index (χ2v) is 12.1. The molecule has 13 heteroatoms. The van der Waals surface area contributed by atoms with Crippen molar-refractivity contribution in [2.75, 3.05) is 13.6 Å². The van der Waals surface area contributed by atoms with Crippen LogP contribution in [0.3, 0.4) is 0 Å². The number of aliphatic hydroxyl groups excluding tert-OH is 3. The number of hydrogen-bond donors (Lipinski definition) is 6. The molecule has 3 aliphatic heterocycles. The fourth-order valence-electron chi connectivity index (χ4n) is 7.99. The molecule has 3 fully saturated rings.